The number of aliphatic imine (C=N–C) groups is 1. The molecule has 8 heteroatoms. The molecule has 0 spiro atoms. The second-order valence-corrected chi connectivity index (χ2v) is 5.72. The molecule has 0 aliphatic carbocycles. The molecule has 1 aliphatic heterocycles. The van der Waals surface area contributed by atoms with Gasteiger partial charge in [-0.3, -0.25) is 9.59 Å². The van der Waals surface area contributed by atoms with Gasteiger partial charge in [-0.25, -0.2) is 4.99 Å². The van der Waals surface area contributed by atoms with Crippen molar-refractivity contribution in [3.8, 4) is 5.75 Å². The van der Waals surface area contributed by atoms with Crippen molar-refractivity contribution in [3.05, 3.63) is 29.8 Å². The summed E-state index contributed by atoms with van der Waals surface area (Å²) in [6, 6.07) is 5.21. The lowest BCUT2D eigenvalue weighted by molar-refractivity contribution is -0.155. The van der Waals surface area contributed by atoms with E-state index in [2.05, 4.69) is 10.3 Å². The quantitative estimate of drug-likeness (QED) is 0.687. The van der Waals surface area contributed by atoms with E-state index in [9.17, 15) is 19.8 Å². The van der Waals surface area contributed by atoms with Crippen molar-refractivity contribution in [1.82, 2.24) is 5.32 Å². The van der Waals surface area contributed by atoms with E-state index in [0.717, 1.165) is 0 Å². The van der Waals surface area contributed by atoms with Gasteiger partial charge >= 0.3 is 0 Å². The van der Waals surface area contributed by atoms with E-state index in [4.69, 9.17) is 9.47 Å². The number of nitrogens with zero attached hydrogens (tertiary/aromatic N) is 1. The number of amides is 1. The van der Waals surface area contributed by atoms with Crippen LogP contribution in [0.25, 0.3) is 0 Å². The molecule has 1 aromatic rings. The van der Waals surface area contributed by atoms with Gasteiger partial charge in [0.1, 0.15) is 5.75 Å². The summed E-state index contributed by atoms with van der Waals surface area (Å²) in [4.78, 5) is 29.3. The van der Waals surface area contributed by atoms with Gasteiger partial charge in [0.2, 0.25) is 17.4 Å². The van der Waals surface area contributed by atoms with Gasteiger partial charge in [0.25, 0.3) is 11.6 Å². The molecular weight excluding hydrogens is 316 g/mol. The fourth-order valence-corrected chi connectivity index (χ4v) is 2.52. The molecule has 1 amide bonds. The average molecular weight is 336 g/mol. The van der Waals surface area contributed by atoms with Gasteiger partial charge in [0, 0.05) is 18.6 Å². The lowest BCUT2D eigenvalue weighted by Gasteiger charge is -2.40. The SMILES string of the molecule is COC1=N[C@@](OC)(C(C)C)C(=O)N[C@]1(O)C(=O)c1ccc(O)cc1. The highest BCUT2D eigenvalue weighted by Crippen LogP contribution is 2.31. The van der Waals surface area contributed by atoms with Crippen LogP contribution in [0.3, 0.4) is 0 Å². The van der Waals surface area contributed by atoms with Crippen molar-refractivity contribution < 1.29 is 29.3 Å². The number of methoxy groups -OCH3 is 2. The van der Waals surface area contributed by atoms with Crippen LogP contribution >= 0.6 is 0 Å². The Morgan fingerprint density at radius 3 is 2.29 bits per heavy atom. The number of benzene rings is 1. The average Bonchev–Trinajstić information content (AvgIpc) is 2.55. The van der Waals surface area contributed by atoms with Gasteiger partial charge in [-0.15, -0.1) is 0 Å². The minimum atomic E-state index is -2.46. The summed E-state index contributed by atoms with van der Waals surface area (Å²) in [5, 5.41) is 22.3. The summed E-state index contributed by atoms with van der Waals surface area (Å²) in [5.74, 6) is -2.39. The number of carbonyl (C=O) groups is 2. The molecule has 1 aromatic carbocycles. The zero-order valence-electron chi connectivity index (χ0n) is 13.9. The van der Waals surface area contributed by atoms with Crippen molar-refractivity contribution in [2.24, 2.45) is 10.9 Å². The number of carbonyl (C=O) groups excluding carboxylic acids is 2. The van der Waals surface area contributed by atoms with Crippen molar-refractivity contribution in [2.45, 2.75) is 25.3 Å². The molecule has 130 valence electrons. The molecule has 0 aromatic heterocycles. The van der Waals surface area contributed by atoms with E-state index >= 15 is 0 Å². The number of aromatic hydroxyl groups is 1. The number of phenolic OH excluding ortho intramolecular Hbond substituents is 1. The van der Waals surface area contributed by atoms with Gasteiger partial charge in [-0.05, 0) is 24.3 Å². The first kappa shape index (κ1) is 17.9. The molecule has 0 saturated carbocycles. The monoisotopic (exact) mass is 336 g/mol. The Morgan fingerprint density at radius 2 is 1.83 bits per heavy atom. The third-order valence-electron chi connectivity index (χ3n) is 3.94. The maximum absolute atomic E-state index is 12.7. The molecule has 8 nitrogen and oxygen atoms in total. The summed E-state index contributed by atoms with van der Waals surface area (Å²) in [5.41, 5.74) is -4.00. The van der Waals surface area contributed by atoms with Gasteiger partial charge in [-0.1, -0.05) is 13.8 Å². The first-order chi connectivity index (χ1) is 11.2. The maximum atomic E-state index is 12.7. The maximum Gasteiger partial charge on any atom is 0.281 e. The second-order valence-electron chi connectivity index (χ2n) is 5.72. The van der Waals surface area contributed by atoms with E-state index in [-0.39, 0.29) is 23.1 Å². The largest absolute Gasteiger partial charge is 0.508 e. The van der Waals surface area contributed by atoms with Crippen LogP contribution in [0, 0.1) is 5.92 Å². The highest BCUT2D eigenvalue weighted by molar-refractivity contribution is 6.20. The molecule has 24 heavy (non-hydrogen) atoms. The van der Waals surface area contributed by atoms with Crippen molar-refractivity contribution in [1.29, 1.82) is 0 Å². The van der Waals surface area contributed by atoms with E-state index in [1.54, 1.807) is 13.8 Å². The van der Waals surface area contributed by atoms with Crippen molar-refractivity contribution in [2.75, 3.05) is 14.2 Å². The first-order valence-corrected chi connectivity index (χ1v) is 7.29. The lowest BCUT2D eigenvalue weighted by atomic mass is 9.92. The number of nitrogens with one attached hydrogen (secondary N) is 1. The molecule has 0 fully saturated rings. The Labute approximate surface area is 139 Å². The lowest BCUT2D eigenvalue weighted by Crippen LogP contribution is -2.70. The Bertz CT molecular complexity index is 684. The molecule has 0 bridgehead atoms. The second kappa shape index (κ2) is 6.21. The third kappa shape index (κ3) is 2.63. The highest BCUT2D eigenvalue weighted by atomic mass is 16.5. The molecular formula is C16H20N2O6. The van der Waals surface area contributed by atoms with E-state index in [0.29, 0.717) is 0 Å². The predicted octanol–water partition coefficient (Wildman–Crippen LogP) is 0.437. The van der Waals surface area contributed by atoms with Crippen LogP contribution in [0.4, 0.5) is 0 Å². The van der Waals surface area contributed by atoms with Gasteiger partial charge in [0.15, 0.2) is 0 Å². The molecule has 1 heterocycles. The van der Waals surface area contributed by atoms with Crippen LogP contribution in [0.1, 0.15) is 24.2 Å². The summed E-state index contributed by atoms with van der Waals surface area (Å²) >= 11 is 0. The standard InChI is InChI=1S/C16H20N2O6/c1-9(2)16(24-4)13(21)17-15(22,14(18-16)23-3)12(20)10-5-7-11(19)8-6-10/h5-9,19,22H,1-4H3,(H,17,21)/t15-,16+/m0/s1. The number of Topliss-reactive ketones (excluding diaryl/α,β-unsaturated/α-hetero) is 1. The fourth-order valence-electron chi connectivity index (χ4n) is 2.52. The van der Waals surface area contributed by atoms with Crippen LogP contribution in [-0.4, -0.2) is 53.5 Å². The molecule has 3 N–H and O–H groups in total. The van der Waals surface area contributed by atoms with Crippen molar-refractivity contribution in [3.63, 3.8) is 0 Å². The number of hydrogen-bond donors (Lipinski definition) is 3. The molecule has 0 saturated heterocycles. The van der Waals surface area contributed by atoms with Crippen LogP contribution < -0.4 is 5.32 Å². The fraction of sp³-hybridized carbons (Fsp3) is 0.438. The van der Waals surface area contributed by atoms with E-state index in [1.165, 1.54) is 38.5 Å². The minimum absolute atomic E-state index is 0.0370. The zero-order chi connectivity index (χ0) is 18.1. The molecule has 2 rings (SSSR count). The Morgan fingerprint density at radius 1 is 1.25 bits per heavy atom. The number of rotatable bonds is 4. The number of hydrogen-bond acceptors (Lipinski definition) is 7. The summed E-state index contributed by atoms with van der Waals surface area (Å²) in [6.45, 7) is 3.43. The normalized spacial score (nSPS) is 26.8. The third-order valence-corrected chi connectivity index (χ3v) is 3.94. The number of aliphatic hydroxyl groups is 1. The van der Waals surface area contributed by atoms with Crippen LogP contribution in [0.5, 0.6) is 5.75 Å². The molecule has 2 atom stereocenters. The predicted molar refractivity (Wildman–Crippen MR) is 84.6 cm³/mol. The number of phenols is 1. The first-order valence-electron chi connectivity index (χ1n) is 7.29. The van der Waals surface area contributed by atoms with E-state index in [1.807, 2.05) is 0 Å². The van der Waals surface area contributed by atoms with Crippen LogP contribution in [0.2, 0.25) is 0 Å². The van der Waals surface area contributed by atoms with E-state index < -0.39 is 23.1 Å². The topological polar surface area (TPSA) is 117 Å². The Kier molecular flexibility index (Phi) is 4.63. The molecule has 1 aliphatic rings. The van der Waals surface area contributed by atoms with Gasteiger partial charge in [0.05, 0.1) is 7.11 Å². The Balaban J connectivity index is 2.53. The highest BCUT2D eigenvalue weighted by Gasteiger charge is 2.56. The van der Waals surface area contributed by atoms with Crippen LogP contribution in [0.15, 0.2) is 29.3 Å². The van der Waals surface area contributed by atoms with Gasteiger partial charge in [-0.2, -0.15) is 0 Å². The zero-order valence-corrected chi connectivity index (χ0v) is 13.9. The molecule has 0 unspecified atom stereocenters. The Hall–Kier alpha value is -2.45. The summed E-state index contributed by atoms with van der Waals surface area (Å²) in [7, 11) is 2.54. The number of ketones is 1. The summed E-state index contributed by atoms with van der Waals surface area (Å²) in [6.07, 6.45) is 0. The minimum Gasteiger partial charge on any atom is -0.508 e. The molecule has 0 radical (unpaired) electrons. The smallest absolute Gasteiger partial charge is 0.281 e. The van der Waals surface area contributed by atoms with Crippen LogP contribution in [-0.2, 0) is 14.3 Å². The number of ether oxygens (including phenoxy) is 2. The van der Waals surface area contributed by atoms with Gasteiger partial charge < -0.3 is 25.0 Å². The summed E-state index contributed by atoms with van der Waals surface area (Å²) < 4.78 is 10.3. The van der Waals surface area contributed by atoms with Crippen molar-refractivity contribution >= 4 is 17.6 Å².